The SMILES string of the molecule is CCCOc1c(I)cc(CNc2ccc(C)c(Cl)c2)cc1OCC. The molecule has 2 aromatic carbocycles. The van der Waals surface area contributed by atoms with Crippen molar-refractivity contribution in [1.82, 2.24) is 0 Å². The fourth-order valence-electron chi connectivity index (χ4n) is 2.24. The molecule has 0 spiro atoms. The van der Waals surface area contributed by atoms with Gasteiger partial charge in [-0.15, -0.1) is 0 Å². The zero-order valence-corrected chi connectivity index (χ0v) is 17.2. The maximum absolute atomic E-state index is 6.18. The maximum Gasteiger partial charge on any atom is 0.174 e. The van der Waals surface area contributed by atoms with E-state index in [2.05, 4.69) is 40.9 Å². The lowest BCUT2D eigenvalue weighted by Gasteiger charge is -2.16. The standard InChI is InChI=1S/C19H23ClINO2/c1-4-8-24-19-17(21)9-14(10-18(19)23-5-2)12-22-15-7-6-13(3)16(20)11-15/h6-7,9-11,22H,4-5,8,12H2,1-3H3. The van der Waals surface area contributed by atoms with Gasteiger partial charge in [-0.2, -0.15) is 0 Å². The summed E-state index contributed by atoms with van der Waals surface area (Å²) in [5, 5.41) is 4.18. The smallest absolute Gasteiger partial charge is 0.174 e. The Hall–Kier alpha value is -1.14. The minimum absolute atomic E-state index is 0.614. The highest BCUT2D eigenvalue weighted by Crippen LogP contribution is 2.34. The van der Waals surface area contributed by atoms with Crippen molar-refractivity contribution in [3.05, 3.63) is 50.1 Å². The number of aryl methyl sites for hydroxylation is 1. The summed E-state index contributed by atoms with van der Waals surface area (Å²) in [5.41, 5.74) is 3.22. The van der Waals surface area contributed by atoms with Crippen molar-refractivity contribution in [2.75, 3.05) is 18.5 Å². The van der Waals surface area contributed by atoms with Gasteiger partial charge in [0.1, 0.15) is 0 Å². The predicted molar refractivity (Wildman–Crippen MR) is 110 cm³/mol. The summed E-state index contributed by atoms with van der Waals surface area (Å²) in [6.45, 7) is 8.08. The Balaban J connectivity index is 2.16. The second-order valence-electron chi connectivity index (χ2n) is 5.50. The Morgan fingerprint density at radius 3 is 2.58 bits per heavy atom. The third-order valence-electron chi connectivity index (χ3n) is 3.49. The minimum Gasteiger partial charge on any atom is -0.490 e. The highest BCUT2D eigenvalue weighted by atomic mass is 127. The van der Waals surface area contributed by atoms with Crippen LogP contribution in [-0.4, -0.2) is 13.2 Å². The first-order chi connectivity index (χ1) is 11.5. The van der Waals surface area contributed by atoms with E-state index in [1.165, 1.54) is 0 Å². The monoisotopic (exact) mass is 459 g/mol. The molecule has 130 valence electrons. The number of benzene rings is 2. The second-order valence-corrected chi connectivity index (χ2v) is 7.07. The van der Waals surface area contributed by atoms with E-state index in [4.69, 9.17) is 21.1 Å². The topological polar surface area (TPSA) is 30.5 Å². The number of hydrogen-bond acceptors (Lipinski definition) is 3. The molecule has 0 aliphatic heterocycles. The molecule has 5 heteroatoms. The summed E-state index contributed by atoms with van der Waals surface area (Å²) >= 11 is 8.48. The number of rotatable bonds is 8. The zero-order chi connectivity index (χ0) is 17.5. The van der Waals surface area contributed by atoms with Crippen LogP contribution in [0.1, 0.15) is 31.4 Å². The molecule has 0 aliphatic rings. The fraction of sp³-hybridized carbons (Fsp3) is 0.368. The second kappa shape index (κ2) is 9.37. The molecule has 3 nitrogen and oxygen atoms in total. The summed E-state index contributed by atoms with van der Waals surface area (Å²) in [6.07, 6.45) is 0.971. The summed E-state index contributed by atoms with van der Waals surface area (Å²) in [7, 11) is 0. The number of ether oxygens (including phenoxy) is 2. The highest BCUT2D eigenvalue weighted by Gasteiger charge is 2.12. The van der Waals surface area contributed by atoms with Crippen molar-refractivity contribution in [3.63, 3.8) is 0 Å². The van der Waals surface area contributed by atoms with Gasteiger partial charge in [0.2, 0.25) is 0 Å². The molecule has 2 rings (SSSR count). The Morgan fingerprint density at radius 2 is 1.92 bits per heavy atom. The van der Waals surface area contributed by atoms with Gasteiger partial charge in [0.15, 0.2) is 11.5 Å². The quantitative estimate of drug-likeness (QED) is 0.487. The Bertz CT molecular complexity index is 691. The maximum atomic E-state index is 6.18. The first-order valence-corrected chi connectivity index (χ1v) is 9.58. The highest BCUT2D eigenvalue weighted by molar-refractivity contribution is 14.1. The van der Waals surface area contributed by atoms with Gasteiger partial charge >= 0.3 is 0 Å². The molecule has 0 aromatic heterocycles. The van der Waals surface area contributed by atoms with Crippen molar-refractivity contribution in [1.29, 1.82) is 0 Å². The van der Waals surface area contributed by atoms with Gasteiger partial charge in [-0.3, -0.25) is 0 Å². The van der Waals surface area contributed by atoms with Crippen molar-refractivity contribution in [2.24, 2.45) is 0 Å². The van der Waals surface area contributed by atoms with Crippen LogP contribution in [0.25, 0.3) is 0 Å². The third kappa shape index (κ3) is 5.18. The van der Waals surface area contributed by atoms with Crippen molar-refractivity contribution < 1.29 is 9.47 Å². The molecule has 0 fully saturated rings. The molecule has 0 saturated carbocycles. The normalized spacial score (nSPS) is 10.5. The molecule has 0 heterocycles. The molecule has 0 atom stereocenters. The molecule has 24 heavy (non-hydrogen) atoms. The lowest BCUT2D eigenvalue weighted by molar-refractivity contribution is 0.275. The minimum atomic E-state index is 0.614. The summed E-state index contributed by atoms with van der Waals surface area (Å²) in [4.78, 5) is 0. The van der Waals surface area contributed by atoms with E-state index in [1.807, 2.05) is 38.1 Å². The van der Waals surface area contributed by atoms with Crippen LogP contribution in [0.4, 0.5) is 5.69 Å². The van der Waals surface area contributed by atoms with E-state index in [1.54, 1.807) is 0 Å². The van der Waals surface area contributed by atoms with Gasteiger partial charge in [0, 0.05) is 17.3 Å². The molecule has 0 aliphatic carbocycles. The average molecular weight is 460 g/mol. The molecule has 0 saturated heterocycles. The van der Waals surface area contributed by atoms with E-state index in [-0.39, 0.29) is 0 Å². The largest absolute Gasteiger partial charge is 0.490 e. The van der Waals surface area contributed by atoms with E-state index >= 15 is 0 Å². The van der Waals surface area contributed by atoms with Crippen molar-refractivity contribution >= 4 is 39.9 Å². The van der Waals surface area contributed by atoms with Gasteiger partial charge in [0.25, 0.3) is 0 Å². The van der Waals surface area contributed by atoms with Gasteiger partial charge in [-0.05, 0) is 78.3 Å². The van der Waals surface area contributed by atoms with Crippen LogP contribution in [0.5, 0.6) is 11.5 Å². The molecular weight excluding hydrogens is 437 g/mol. The van der Waals surface area contributed by atoms with Gasteiger partial charge < -0.3 is 14.8 Å². The third-order valence-corrected chi connectivity index (χ3v) is 4.70. The molecule has 2 aromatic rings. The van der Waals surface area contributed by atoms with Gasteiger partial charge in [0.05, 0.1) is 16.8 Å². The van der Waals surface area contributed by atoms with E-state index in [9.17, 15) is 0 Å². The van der Waals surface area contributed by atoms with Crippen LogP contribution < -0.4 is 14.8 Å². The lowest BCUT2D eigenvalue weighted by atomic mass is 10.2. The Labute approximate surface area is 162 Å². The van der Waals surface area contributed by atoms with E-state index < -0.39 is 0 Å². The number of anilines is 1. The molecular formula is C19H23ClINO2. The van der Waals surface area contributed by atoms with Gasteiger partial charge in [-0.1, -0.05) is 24.6 Å². The molecule has 0 radical (unpaired) electrons. The first-order valence-electron chi connectivity index (χ1n) is 8.13. The van der Waals surface area contributed by atoms with Crippen LogP contribution in [0.3, 0.4) is 0 Å². The molecule has 0 bridgehead atoms. The summed E-state index contributed by atoms with van der Waals surface area (Å²) < 4.78 is 12.7. The summed E-state index contributed by atoms with van der Waals surface area (Å²) in [6, 6.07) is 10.2. The van der Waals surface area contributed by atoms with Gasteiger partial charge in [-0.25, -0.2) is 0 Å². The molecule has 0 unspecified atom stereocenters. The zero-order valence-electron chi connectivity index (χ0n) is 14.3. The Morgan fingerprint density at radius 1 is 1.12 bits per heavy atom. The fourth-order valence-corrected chi connectivity index (χ4v) is 3.24. The van der Waals surface area contributed by atoms with Crippen LogP contribution in [0.15, 0.2) is 30.3 Å². The first kappa shape index (κ1) is 19.2. The predicted octanol–water partition coefficient (Wildman–Crippen LogP) is 6.05. The van der Waals surface area contributed by atoms with Crippen LogP contribution >= 0.6 is 34.2 Å². The van der Waals surface area contributed by atoms with Crippen LogP contribution in [0, 0.1) is 10.5 Å². The summed E-state index contributed by atoms with van der Waals surface area (Å²) in [5.74, 6) is 1.64. The number of halogens is 2. The van der Waals surface area contributed by atoms with Crippen molar-refractivity contribution in [3.8, 4) is 11.5 Å². The molecule has 0 amide bonds. The Kier molecular flexibility index (Phi) is 7.49. The number of hydrogen-bond donors (Lipinski definition) is 1. The number of nitrogens with one attached hydrogen (secondary N) is 1. The van der Waals surface area contributed by atoms with Crippen molar-refractivity contribution in [2.45, 2.75) is 33.7 Å². The van der Waals surface area contributed by atoms with Crippen LogP contribution in [0.2, 0.25) is 5.02 Å². The molecule has 1 N–H and O–H groups in total. The van der Waals surface area contributed by atoms with Crippen LogP contribution in [-0.2, 0) is 6.54 Å². The van der Waals surface area contributed by atoms with E-state index in [0.29, 0.717) is 19.8 Å². The average Bonchev–Trinajstić information content (AvgIpc) is 2.55. The van der Waals surface area contributed by atoms with E-state index in [0.717, 1.165) is 43.3 Å². The lowest BCUT2D eigenvalue weighted by Crippen LogP contribution is -2.05.